The highest BCUT2D eigenvalue weighted by atomic mass is 32.1. The summed E-state index contributed by atoms with van der Waals surface area (Å²) in [6, 6.07) is 5.44. The first-order valence-corrected chi connectivity index (χ1v) is 9.92. The van der Waals surface area contributed by atoms with Crippen LogP contribution >= 0.6 is 11.3 Å². The Bertz CT molecular complexity index is 916. The normalized spacial score (nSPS) is 25.0. The Balaban J connectivity index is 1.25. The van der Waals surface area contributed by atoms with Crippen LogP contribution in [0.2, 0.25) is 0 Å². The number of nitrogens with one attached hydrogen (secondary N) is 1. The molecule has 1 N–H and O–H groups in total. The zero-order chi connectivity index (χ0) is 18.5. The average Bonchev–Trinajstić information content (AvgIpc) is 3.37. The van der Waals surface area contributed by atoms with Crippen molar-refractivity contribution in [2.75, 3.05) is 13.1 Å². The molecular weight excluding hydrogens is 364 g/mol. The fourth-order valence-corrected chi connectivity index (χ4v) is 4.81. The van der Waals surface area contributed by atoms with Crippen molar-refractivity contribution in [3.05, 3.63) is 41.4 Å². The van der Waals surface area contributed by atoms with Gasteiger partial charge in [0.05, 0.1) is 28.4 Å². The van der Waals surface area contributed by atoms with Gasteiger partial charge in [-0.25, -0.2) is 0 Å². The van der Waals surface area contributed by atoms with Crippen molar-refractivity contribution in [3.63, 3.8) is 0 Å². The summed E-state index contributed by atoms with van der Waals surface area (Å²) in [5.74, 6) is -0.764. The highest BCUT2D eigenvalue weighted by Crippen LogP contribution is 2.37. The molecule has 3 amide bonds. The SMILES string of the molecule is O=C(c1cc(-c2cccs2)[nH]n1)N1CC(N2C(=O)C3CC=CCC3C2=O)C1. The topological polar surface area (TPSA) is 86.4 Å². The standard InChI is InChI=1S/C19H18N4O3S/c24-17-12-4-1-2-5-13(12)18(25)23(17)11-9-22(10-11)19(26)15-8-14(20-21-15)16-6-3-7-27-16/h1-3,6-8,11-13H,4-5,9-10H2,(H,20,21). The molecule has 7 nitrogen and oxygen atoms in total. The van der Waals surface area contributed by atoms with Gasteiger partial charge in [0.1, 0.15) is 0 Å². The lowest BCUT2D eigenvalue weighted by Crippen LogP contribution is -2.62. The van der Waals surface area contributed by atoms with E-state index in [1.54, 1.807) is 22.3 Å². The van der Waals surface area contributed by atoms with E-state index in [1.807, 2.05) is 29.7 Å². The molecule has 2 atom stereocenters. The van der Waals surface area contributed by atoms with Crippen LogP contribution in [0.15, 0.2) is 35.7 Å². The maximum atomic E-state index is 12.6. The zero-order valence-electron chi connectivity index (χ0n) is 14.5. The van der Waals surface area contributed by atoms with Crippen LogP contribution in [-0.4, -0.2) is 56.9 Å². The monoisotopic (exact) mass is 382 g/mol. The number of imide groups is 1. The van der Waals surface area contributed by atoms with E-state index < -0.39 is 0 Å². The lowest BCUT2D eigenvalue weighted by molar-refractivity contribution is -0.145. The Labute approximate surface area is 159 Å². The van der Waals surface area contributed by atoms with Crippen LogP contribution in [0.25, 0.3) is 10.6 Å². The molecule has 4 heterocycles. The third kappa shape index (κ3) is 2.55. The third-order valence-corrected chi connectivity index (χ3v) is 6.54. The van der Waals surface area contributed by atoms with Gasteiger partial charge >= 0.3 is 0 Å². The quantitative estimate of drug-likeness (QED) is 0.649. The van der Waals surface area contributed by atoms with Crippen molar-refractivity contribution in [1.29, 1.82) is 0 Å². The van der Waals surface area contributed by atoms with E-state index in [1.165, 1.54) is 4.90 Å². The van der Waals surface area contributed by atoms with Crippen LogP contribution in [0.1, 0.15) is 23.3 Å². The van der Waals surface area contributed by atoms with E-state index in [0.29, 0.717) is 31.6 Å². The number of carbonyl (C=O) groups excluding carboxylic acids is 3. The van der Waals surface area contributed by atoms with E-state index in [0.717, 1.165) is 10.6 Å². The molecule has 5 rings (SSSR count). The fraction of sp³-hybridized carbons (Fsp3) is 0.368. The predicted octanol–water partition coefficient (Wildman–Crippen LogP) is 1.91. The first-order chi connectivity index (χ1) is 13.1. The summed E-state index contributed by atoms with van der Waals surface area (Å²) in [6.07, 6.45) is 5.24. The maximum Gasteiger partial charge on any atom is 0.274 e. The summed E-state index contributed by atoms with van der Waals surface area (Å²) in [4.78, 5) is 41.9. The van der Waals surface area contributed by atoms with E-state index in [9.17, 15) is 14.4 Å². The molecular formula is C19H18N4O3S. The Hall–Kier alpha value is -2.74. The molecule has 2 saturated heterocycles. The second kappa shape index (κ2) is 6.16. The number of allylic oxidation sites excluding steroid dienone is 2. The van der Waals surface area contributed by atoms with Crippen LogP contribution in [0.3, 0.4) is 0 Å². The van der Waals surface area contributed by atoms with Crippen molar-refractivity contribution in [2.24, 2.45) is 11.8 Å². The number of aromatic amines is 1. The fourth-order valence-electron chi connectivity index (χ4n) is 4.12. The van der Waals surface area contributed by atoms with Crippen LogP contribution in [0.5, 0.6) is 0 Å². The van der Waals surface area contributed by atoms with Crippen molar-refractivity contribution in [3.8, 4) is 10.6 Å². The van der Waals surface area contributed by atoms with Crippen LogP contribution < -0.4 is 0 Å². The molecule has 3 aliphatic rings. The number of carbonyl (C=O) groups is 3. The number of amides is 3. The van der Waals surface area contributed by atoms with Gasteiger partial charge in [-0.15, -0.1) is 11.3 Å². The highest BCUT2D eigenvalue weighted by molar-refractivity contribution is 7.13. The molecule has 0 spiro atoms. The zero-order valence-corrected chi connectivity index (χ0v) is 15.3. The first kappa shape index (κ1) is 16.4. The second-order valence-electron chi connectivity index (χ2n) is 7.21. The van der Waals surface area contributed by atoms with Gasteiger partial charge in [0.2, 0.25) is 11.8 Å². The number of likely N-dealkylation sites (tertiary alicyclic amines) is 2. The third-order valence-electron chi connectivity index (χ3n) is 5.64. The summed E-state index contributed by atoms with van der Waals surface area (Å²) in [7, 11) is 0. The van der Waals surface area contributed by atoms with Gasteiger partial charge in [-0.2, -0.15) is 5.10 Å². The molecule has 0 bridgehead atoms. The highest BCUT2D eigenvalue weighted by Gasteiger charge is 2.52. The van der Waals surface area contributed by atoms with Crippen molar-refractivity contribution < 1.29 is 14.4 Å². The van der Waals surface area contributed by atoms with E-state index in [4.69, 9.17) is 0 Å². The number of thiophene rings is 1. The minimum Gasteiger partial charge on any atom is -0.333 e. The van der Waals surface area contributed by atoms with Crippen molar-refractivity contribution >= 4 is 29.1 Å². The largest absolute Gasteiger partial charge is 0.333 e. The summed E-state index contributed by atoms with van der Waals surface area (Å²) in [5.41, 5.74) is 1.17. The van der Waals surface area contributed by atoms with Gasteiger partial charge in [0.25, 0.3) is 5.91 Å². The molecule has 2 aromatic heterocycles. The molecule has 2 fully saturated rings. The average molecular weight is 382 g/mol. The molecule has 2 aromatic rings. The first-order valence-electron chi connectivity index (χ1n) is 9.04. The minimum absolute atomic E-state index is 0.0776. The second-order valence-corrected chi connectivity index (χ2v) is 8.16. The summed E-state index contributed by atoms with van der Waals surface area (Å²) in [5, 5.41) is 8.98. The van der Waals surface area contributed by atoms with Crippen LogP contribution in [-0.2, 0) is 9.59 Å². The molecule has 0 radical (unpaired) electrons. The van der Waals surface area contributed by atoms with E-state index in [2.05, 4.69) is 10.2 Å². The molecule has 138 valence electrons. The van der Waals surface area contributed by atoms with Gasteiger partial charge in [0, 0.05) is 13.1 Å². The van der Waals surface area contributed by atoms with Crippen molar-refractivity contribution in [1.82, 2.24) is 20.0 Å². The molecule has 2 aliphatic heterocycles. The van der Waals surface area contributed by atoms with Gasteiger partial charge < -0.3 is 4.90 Å². The predicted molar refractivity (Wildman–Crippen MR) is 98.8 cm³/mol. The van der Waals surface area contributed by atoms with Gasteiger partial charge in [-0.05, 0) is 30.4 Å². The summed E-state index contributed by atoms with van der Waals surface area (Å²) < 4.78 is 0. The Morgan fingerprint density at radius 1 is 1.15 bits per heavy atom. The van der Waals surface area contributed by atoms with Crippen LogP contribution in [0.4, 0.5) is 0 Å². The van der Waals surface area contributed by atoms with Gasteiger partial charge in [0.15, 0.2) is 5.69 Å². The number of H-pyrrole nitrogens is 1. The number of hydrogen-bond donors (Lipinski definition) is 1. The number of nitrogens with zero attached hydrogens (tertiary/aromatic N) is 3. The Kier molecular flexibility index (Phi) is 3.75. The lowest BCUT2D eigenvalue weighted by Gasteiger charge is -2.42. The molecule has 0 saturated carbocycles. The summed E-state index contributed by atoms with van der Waals surface area (Å²) >= 11 is 1.57. The molecule has 2 unspecified atom stereocenters. The van der Waals surface area contributed by atoms with E-state index >= 15 is 0 Å². The lowest BCUT2D eigenvalue weighted by atomic mass is 9.85. The van der Waals surface area contributed by atoms with E-state index in [-0.39, 0.29) is 35.6 Å². The van der Waals surface area contributed by atoms with Gasteiger partial charge in [-0.3, -0.25) is 24.4 Å². The smallest absolute Gasteiger partial charge is 0.274 e. The summed E-state index contributed by atoms with van der Waals surface area (Å²) in [6.45, 7) is 0.759. The Morgan fingerprint density at radius 3 is 2.48 bits per heavy atom. The number of fused-ring (bicyclic) bond motifs is 1. The Morgan fingerprint density at radius 2 is 1.85 bits per heavy atom. The minimum atomic E-state index is -0.216. The molecule has 27 heavy (non-hydrogen) atoms. The molecule has 1 aliphatic carbocycles. The number of hydrogen-bond acceptors (Lipinski definition) is 5. The molecule has 0 aromatic carbocycles. The van der Waals surface area contributed by atoms with Gasteiger partial charge in [-0.1, -0.05) is 18.2 Å². The van der Waals surface area contributed by atoms with Crippen molar-refractivity contribution in [2.45, 2.75) is 18.9 Å². The number of aromatic nitrogens is 2. The molecule has 8 heteroatoms. The number of rotatable bonds is 3. The maximum absolute atomic E-state index is 12.6. The van der Waals surface area contributed by atoms with Crippen LogP contribution in [0, 0.1) is 11.8 Å².